The zero-order valence-corrected chi connectivity index (χ0v) is 11.3. The summed E-state index contributed by atoms with van der Waals surface area (Å²) in [5, 5.41) is 13.3. The third kappa shape index (κ3) is 2.85. The summed E-state index contributed by atoms with van der Waals surface area (Å²) in [4.78, 5) is 24.3. The average molecular weight is 273 g/mol. The number of hydrogen-bond donors (Lipinski definition) is 1. The summed E-state index contributed by atoms with van der Waals surface area (Å²) in [5.74, 6) is -1.16. The van der Waals surface area contributed by atoms with Crippen LogP contribution in [0.1, 0.15) is 26.4 Å². The standard InChI is InChI=1S/C14H15N3O3/c1-16(2)13(18)12-7-8-17(15-12)9-10-5-3-4-6-11(10)14(19)20/h3-8H,9H2,1-2H3,(H,19,20). The summed E-state index contributed by atoms with van der Waals surface area (Å²) in [6.07, 6.45) is 1.66. The quantitative estimate of drug-likeness (QED) is 0.912. The Bertz CT molecular complexity index is 647. The van der Waals surface area contributed by atoms with Crippen LogP contribution in [0.25, 0.3) is 0 Å². The molecule has 2 rings (SSSR count). The second-order valence-corrected chi connectivity index (χ2v) is 4.56. The molecule has 0 saturated heterocycles. The molecule has 0 aliphatic rings. The topological polar surface area (TPSA) is 75.4 Å². The molecule has 2 aromatic rings. The molecule has 6 heteroatoms. The van der Waals surface area contributed by atoms with Crippen molar-refractivity contribution in [3.63, 3.8) is 0 Å². The van der Waals surface area contributed by atoms with E-state index in [0.29, 0.717) is 17.8 Å². The highest BCUT2D eigenvalue weighted by molar-refractivity contribution is 5.91. The second-order valence-electron chi connectivity index (χ2n) is 4.56. The molecule has 0 aliphatic carbocycles. The Morgan fingerprint density at radius 1 is 1.25 bits per heavy atom. The van der Waals surface area contributed by atoms with Gasteiger partial charge in [-0.2, -0.15) is 5.10 Å². The van der Waals surface area contributed by atoms with Gasteiger partial charge in [-0.05, 0) is 17.7 Å². The molecule has 0 radical (unpaired) electrons. The van der Waals surface area contributed by atoms with Crippen LogP contribution in [-0.2, 0) is 6.54 Å². The molecule has 6 nitrogen and oxygen atoms in total. The summed E-state index contributed by atoms with van der Waals surface area (Å²) in [5.41, 5.74) is 1.22. The summed E-state index contributed by atoms with van der Waals surface area (Å²) >= 11 is 0. The maximum atomic E-state index is 11.7. The number of aromatic nitrogens is 2. The van der Waals surface area contributed by atoms with Gasteiger partial charge in [0.15, 0.2) is 0 Å². The van der Waals surface area contributed by atoms with E-state index in [1.165, 1.54) is 4.90 Å². The zero-order valence-electron chi connectivity index (χ0n) is 11.3. The molecule has 0 atom stereocenters. The number of nitrogens with zero attached hydrogens (tertiary/aromatic N) is 3. The van der Waals surface area contributed by atoms with E-state index in [0.717, 1.165) is 0 Å². The fraction of sp³-hybridized carbons (Fsp3) is 0.214. The van der Waals surface area contributed by atoms with E-state index in [1.54, 1.807) is 55.3 Å². The van der Waals surface area contributed by atoms with Crippen molar-refractivity contribution in [2.45, 2.75) is 6.54 Å². The van der Waals surface area contributed by atoms with Crippen LogP contribution in [0.3, 0.4) is 0 Å². The number of carbonyl (C=O) groups excluding carboxylic acids is 1. The predicted molar refractivity (Wildman–Crippen MR) is 72.7 cm³/mol. The zero-order chi connectivity index (χ0) is 14.7. The van der Waals surface area contributed by atoms with E-state index >= 15 is 0 Å². The number of carboxylic acid groups (broad SMARTS) is 1. The molecule has 0 saturated carbocycles. The van der Waals surface area contributed by atoms with E-state index in [9.17, 15) is 9.59 Å². The highest BCUT2D eigenvalue weighted by Gasteiger charge is 2.13. The van der Waals surface area contributed by atoms with Gasteiger partial charge in [-0.3, -0.25) is 9.48 Å². The normalized spacial score (nSPS) is 10.3. The van der Waals surface area contributed by atoms with Crippen molar-refractivity contribution in [2.75, 3.05) is 14.1 Å². The number of rotatable bonds is 4. The predicted octanol–water partition coefficient (Wildman–Crippen LogP) is 1.33. The third-order valence-corrected chi connectivity index (χ3v) is 2.85. The molecule has 0 fully saturated rings. The van der Waals surface area contributed by atoms with Crippen LogP contribution in [0.4, 0.5) is 0 Å². The monoisotopic (exact) mass is 273 g/mol. The first kappa shape index (κ1) is 13.8. The van der Waals surface area contributed by atoms with Crippen molar-refractivity contribution in [3.8, 4) is 0 Å². The number of carbonyl (C=O) groups is 2. The molecular formula is C14H15N3O3. The largest absolute Gasteiger partial charge is 0.478 e. The lowest BCUT2D eigenvalue weighted by molar-refractivity contribution is 0.0694. The number of aromatic carboxylic acids is 1. The van der Waals surface area contributed by atoms with Crippen LogP contribution in [-0.4, -0.2) is 45.8 Å². The minimum Gasteiger partial charge on any atom is -0.478 e. The van der Waals surface area contributed by atoms with Crippen LogP contribution >= 0.6 is 0 Å². The molecule has 0 unspecified atom stereocenters. The minimum atomic E-state index is -0.975. The Morgan fingerprint density at radius 2 is 1.95 bits per heavy atom. The van der Waals surface area contributed by atoms with Crippen molar-refractivity contribution in [3.05, 3.63) is 53.3 Å². The van der Waals surface area contributed by atoms with Gasteiger partial charge >= 0.3 is 5.97 Å². The van der Waals surface area contributed by atoms with Gasteiger partial charge in [-0.25, -0.2) is 4.79 Å². The van der Waals surface area contributed by atoms with Gasteiger partial charge in [-0.1, -0.05) is 18.2 Å². The van der Waals surface area contributed by atoms with E-state index in [2.05, 4.69) is 5.10 Å². The first-order valence-corrected chi connectivity index (χ1v) is 6.05. The lowest BCUT2D eigenvalue weighted by atomic mass is 10.1. The number of amides is 1. The smallest absolute Gasteiger partial charge is 0.336 e. The SMILES string of the molecule is CN(C)C(=O)c1ccn(Cc2ccccc2C(=O)O)n1. The fourth-order valence-corrected chi connectivity index (χ4v) is 1.83. The molecule has 1 N–H and O–H groups in total. The molecule has 1 heterocycles. The lowest BCUT2D eigenvalue weighted by Crippen LogP contribution is -2.22. The maximum Gasteiger partial charge on any atom is 0.336 e. The van der Waals surface area contributed by atoms with Crippen molar-refractivity contribution in [1.82, 2.24) is 14.7 Å². The Labute approximate surface area is 116 Å². The molecule has 0 bridgehead atoms. The average Bonchev–Trinajstić information content (AvgIpc) is 2.86. The highest BCUT2D eigenvalue weighted by atomic mass is 16.4. The Kier molecular flexibility index (Phi) is 3.84. The van der Waals surface area contributed by atoms with Gasteiger partial charge in [0.05, 0.1) is 12.1 Å². The number of benzene rings is 1. The van der Waals surface area contributed by atoms with E-state index < -0.39 is 5.97 Å². The van der Waals surface area contributed by atoms with Crippen LogP contribution in [0.2, 0.25) is 0 Å². The van der Waals surface area contributed by atoms with Crippen LogP contribution < -0.4 is 0 Å². The van der Waals surface area contributed by atoms with Gasteiger partial charge < -0.3 is 10.0 Å². The first-order chi connectivity index (χ1) is 9.49. The molecular weight excluding hydrogens is 258 g/mol. The molecule has 0 spiro atoms. The van der Waals surface area contributed by atoms with Gasteiger partial charge in [0.25, 0.3) is 5.91 Å². The summed E-state index contributed by atoms with van der Waals surface area (Å²) in [6, 6.07) is 8.35. The minimum absolute atomic E-state index is 0.185. The number of hydrogen-bond acceptors (Lipinski definition) is 3. The molecule has 1 aromatic carbocycles. The molecule has 0 aliphatic heterocycles. The van der Waals surface area contributed by atoms with E-state index in [-0.39, 0.29) is 11.5 Å². The van der Waals surface area contributed by atoms with Gasteiger partial charge in [-0.15, -0.1) is 0 Å². The van der Waals surface area contributed by atoms with Gasteiger partial charge in [0.2, 0.25) is 0 Å². The van der Waals surface area contributed by atoms with Crippen molar-refractivity contribution >= 4 is 11.9 Å². The lowest BCUT2D eigenvalue weighted by Gasteiger charge is -2.08. The molecule has 1 aromatic heterocycles. The van der Waals surface area contributed by atoms with Crippen molar-refractivity contribution in [2.24, 2.45) is 0 Å². The number of carboxylic acids is 1. The summed E-state index contributed by atoms with van der Waals surface area (Å²) in [6.45, 7) is 0.309. The van der Waals surface area contributed by atoms with Crippen LogP contribution in [0.5, 0.6) is 0 Å². The third-order valence-electron chi connectivity index (χ3n) is 2.85. The Balaban J connectivity index is 2.23. The van der Waals surface area contributed by atoms with E-state index in [1.807, 2.05) is 0 Å². The Morgan fingerprint density at radius 3 is 2.60 bits per heavy atom. The summed E-state index contributed by atoms with van der Waals surface area (Å²) < 4.78 is 1.55. The molecule has 20 heavy (non-hydrogen) atoms. The first-order valence-electron chi connectivity index (χ1n) is 6.05. The van der Waals surface area contributed by atoms with Gasteiger partial charge in [0.1, 0.15) is 5.69 Å². The highest BCUT2D eigenvalue weighted by Crippen LogP contribution is 2.11. The molecule has 104 valence electrons. The summed E-state index contributed by atoms with van der Waals surface area (Å²) in [7, 11) is 3.31. The fourth-order valence-electron chi connectivity index (χ4n) is 1.83. The van der Waals surface area contributed by atoms with Gasteiger partial charge in [0, 0.05) is 20.3 Å². The second kappa shape index (κ2) is 5.56. The maximum absolute atomic E-state index is 11.7. The van der Waals surface area contributed by atoms with Crippen LogP contribution in [0, 0.1) is 0 Å². The van der Waals surface area contributed by atoms with Crippen LogP contribution in [0.15, 0.2) is 36.5 Å². The van der Waals surface area contributed by atoms with Crippen molar-refractivity contribution < 1.29 is 14.7 Å². The van der Waals surface area contributed by atoms with E-state index in [4.69, 9.17) is 5.11 Å². The Hall–Kier alpha value is -2.63. The van der Waals surface area contributed by atoms with Crippen molar-refractivity contribution in [1.29, 1.82) is 0 Å². The molecule has 1 amide bonds.